The van der Waals surface area contributed by atoms with E-state index < -0.39 is 11.9 Å². The van der Waals surface area contributed by atoms with Gasteiger partial charge >= 0.3 is 0 Å². The summed E-state index contributed by atoms with van der Waals surface area (Å²) in [5.74, 6) is -1.45. The van der Waals surface area contributed by atoms with Crippen molar-refractivity contribution in [1.29, 1.82) is 0 Å². The van der Waals surface area contributed by atoms with Gasteiger partial charge in [0.25, 0.3) is 5.91 Å². The number of benzene rings is 1. The minimum Gasteiger partial charge on any atom is -0.507 e. The van der Waals surface area contributed by atoms with Crippen LogP contribution in [-0.2, 0) is 4.79 Å². The first-order chi connectivity index (χ1) is 8.50. The Morgan fingerprint density at radius 1 is 1.39 bits per heavy atom. The highest BCUT2D eigenvalue weighted by Gasteiger charge is 2.31. The Morgan fingerprint density at radius 2 is 2.00 bits per heavy atom. The quantitative estimate of drug-likeness (QED) is 0.692. The van der Waals surface area contributed by atoms with Gasteiger partial charge in [-0.3, -0.25) is 9.59 Å². The molecule has 6 nitrogen and oxygen atoms in total. The predicted octanol–water partition coefficient (Wildman–Crippen LogP) is 0.0583. The first kappa shape index (κ1) is 12.2. The summed E-state index contributed by atoms with van der Waals surface area (Å²) < 4.78 is 0. The third-order valence-corrected chi connectivity index (χ3v) is 2.98. The monoisotopic (exact) mass is 250 g/mol. The Balaban J connectivity index is 2.16. The maximum absolute atomic E-state index is 11.9. The number of carbonyl (C=O) groups is 2. The number of phenols is 2. The van der Waals surface area contributed by atoms with Crippen molar-refractivity contribution in [3.05, 3.63) is 23.8 Å². The van der Waals surface area contributed by atoms with Crippen LogP contribution in [0.15, 0.2) is 18.2 Å². The van der Waals surface area contributed by atoms with Gasteiger partial charge < -0.3 is 20.4 Å². The molecule has 0 radical (unpaired) electrons. The molecule has 1 aliphatic heterocycles. The van der Waals surface area contributed by atoms with Gasteiger partial charge in [-0.1, -0.05) is 6.07 Å². The van der Waals surface area contributed by atoms with Gasteiger partial charge in [-0.2, -0.15) is 0 Å². The van der Waals surface area contributed by atoms with Crippen molar-refractivity contribution in [3.63, 3.8) is 0 Å². The lowest BCUT2D eigenvalue weighted by molar-refractivity contribution is -0.128. The average molecular weight is 250 g/mol. The summed E-state index contributed by atoms with van der Waals surface area (Å²) in [7, 11) is 1.66. The van der Waals surface area contributed by atoms with E-state index in [1.165, 1.54) is 23.1 Å². The van der Waals surface area contributed by atoms with E-state index in [-0.39, 0.29) is 23.0 Å². The van der Waals surface area contributed by atoms with Crippen LogP contribution < -0.4 is 5.32 Å². The summed E-state index contributed by atoms with van der Waals surface area (Å²) in [6.45, 7) is 0.580. The van der Waals surface area contributed by atoms with Gasteiger partial charge in [0.15, 0.2) is 0 Å². The number of phenolic OH excluding ortho intramolecular Hbond substituents is 2. The van der Waals surface area contributed by atoms with Crippen molar-refractivity contribution in [2.75, 3.05) is 13.6 Å². The fourth-order valence-corrected chi connectivity index (χ4v) is 1.95. The number of amides is 2. The summed E-state index contributed by atoms with van der Waals surface area (Å²) >= 11 is 0. The summed E-state index contributed by atoms with van der Waals surface area (Å²) in [6.07, 6.45) is 0.523. The highest BCUT2D eigenvalue weighted by atomic mass is 16.3. The molecule has 1 saturated heterocycles. The third kappa shape index (κ3) is 2.09. The number of nitrogens with zero attached hydrogens (tertiary/aromatic N) is 1. The van der Waals surface area contributed by atoms with Crippen LogP contribution >= 0.6 is 0 Å². The Morgan fingerprint density at radius 3 is 2.50 bits per heavy atom. The second-order valence-electron chi connectivity index (χ2n) is 4.25. The normalized spacial score (nSPS) is 19.1. The van der Waals surface area contributed by atoms with Crippen molar-refractivity contribution < 1.29 is 19.8 Å². The molecule has 1 fully saturated rings. The SMILES string of the molecule is CN1CCC(NC(=O)c2c(O)cccc2O)C1=O. The number of nitrogens with one attached hydrogen (secondary N) is 1. The Hall–Kier alpha value is -2.24. The lowest BCUT2D eigenvalue weighted by Gasteiger charge is -2.13. The first-order valence-electron chi connectivity index (χ1n) is 5.57. The zero-order chi connectivity index (χ0) is 13.3. The van der Waals surface area contributed by atoms with Crippen LogP contribution in [0.1, 0.15) is 16.8 Å². The molecule has 1 aromatic rings. The molecule has 6 heteroatoms. The fraction of sp³-hybridized carbons (Fsp3) is 0.333. The van der Waals surface area contributed by atoms with Crippen LogP contribution in [0, 0.1) is 0 Å². The molecule has 2 rings (SSSR count). The molecule has 0 spiro atoms. The Bertz CT molecular complexity index is 481. The number of hydrogen-bond donors (Lipinski definition) is 3. The second-order valence-corrected chi connectivity index (χ2v) is 4.25. The van der Waals surface area contributed by atoms with Gasteiger partial charge in [-0.25, -0.2) is 0 Å². The largest absolute Gasteiger partial charge is 0.507 e. The maximum Gasteiger partial charge on any atom is 0.259 e. The van der Waals surface area contributed by atoms with E-state index in [1.54, 1.807) is 7.05 Å². The minimum absolute atomic E-state index is 0.168. The fourth-order valence-electron chi connectivity index (χ4n) is 1.95. The Labute approximate surface area is 104 Å². The van der Waals surface area contributed by atoms with Crippen molar-refractivity contribution >= 4 is 11.8 Å². The second kappa shape index (κ2) is 4.56. The van der Waals surface area contributed by atoms with Crippen molar-refractivity contribution in [3.8, 4) is 11.5 Å². The molecule has 1 aromatic carbocycles. The van der Waals surface area contributed by atoms with E-state index in [2.05, 4.69) is 5.32 Å². The number of carbonyl (C=O) groups excluding carboxylic acids is 2. The van der Waals surface area contributed by atoms with E-state index in [1.807, 2.05) is 0 Å². The van der Waals surface area contributed by atoms with Crippen LogP contribution in [0.3, 0.4) is 0 Å². The van der Waals surface area contributed by atoms with E-state index >= 15 is 0 Å². The van der Waals surface area contributed by atoms with Gasteiger partial charge in [0.1, 0.15) is 23.1 Å². The number of rotatable bonds is 2. The number of hydrogen-bond acceptors (Lipinski definition) is 4. The molecule has 2 amide bonds. The van der Waals surface area contributed by atoms with Crippen LogP contribution in [-0.4, -0.2) is 46.6 Å². The van der Waals surface area contributed by atoms with E-state index in [9.17, 15) is 19.8 Å². The molecular weight excluding hydrogens is 236 g/mol. The van der Waals surface area contributed by atoms with E-state index in [4.69, 9.17) is 0 Å². The molecule has 0 aliphatic carbocycles. The molecule has 0 bridgehead atoms. The molecular formula is C12H14N2O4. The number of likely N-dealkylation sites (tertiary alicyclic amines) is 1. The van der Waals surface area contributed by atoms with Gasteiger partial charge in [0.05, 0.1) is 0 Å². The predicted molar refractivity (Wildman–Crippen MR) is 63.3 cm³/mol. The average Bonchev–Trinajstić information content (AvgIpc) is 2.61. The standard InChI is InChI=1S/C12H14N2O4/c1-14-6-5-7(12(14)18)13-11(17)10-8(15)3-2-4-9(10)16/h2-4,7,15-16H,5-6H2,1H3,(H,13,17). The van der Waals surface area contributed by atoms with Crippen LogP contribution in [0.25, 0.3) is 0 Å². The molecule has 1 heterocycles. The van der Waals surface area contributed by atoms with Gasteiger partial charge in [0.2, 0.25) is 5.91 Å². The minimum atomic E-state index is -0.653. The van der Waals surface area contributed by atoms with Crippen molar-refractivity contribution in [2.45, 2.75) is 12.5 Å². The van der Waals surface area contributed by atoms with E-state index in [0.717, 1.165) is 0 Å². The molecule has 0 saturated carbocycles. The molecule has 0 aromatic heterocycles. The van der Waals surface area contributed by atoms with Crippen molar-refractivity contribution in [1.82, 2.24) is 10.2 Å². The topological polar surface area (TPSA) is 89.9 Å². The van der Waals surface area contributed by atoms with Gasteiger partial charge in [-0.05, 0) is 18.6 Å². The van der Waals surface area contributed by atoms with Gasteiger partial charge in [-0.15, -0.1) is 0 Å². The number of likely N-dealkylation sites (N-methyl/N-ethyl adjacent to an activating group) is 1. The van der Waals surface area contributed by atoms with Crippen LogP contribution in [0.2, 0.25) is 0 Å². The van der Waals surface area contributed by atoms with Crippen molar-refractivity contribution in [2.24, 2.45) is 0 Å². The summed E-state index contributed by atoms with van der Waals surface area (Å²) in [5.41, 5.74) is -0.208. The zero-order valence-corrected chi connectivity index (χ0v) is 9.88. The number of aromatic hydroxyl groups is 2. The molecule has 1 atom stereocenters. The molecule has 1 unspecified atom stereocenters. The zero-order valence-electron chi connectivity index (χ0n) is 9.88. The summed E-state index contributed by atoms with van der Waals surface area (Å²) in [5, 5.41) is 21.6. The van der Waals surface area contributed by atoms with Gasteiger partial charge in [0, 0.05) is 13.6 Å². The molecule has 18 heavy (non-hydrogen) atoms. The highest BCUT2D eigenvalue weighted by molar-refractivity contribution is 6.02. The van der Waals surface area contributed by atoms with Crippen LogP contribution in [0.4, 0.5) is 0 Å². The molecule has 1 aliphatic rings. The Kier molecular flexibility index (Phi) is 3.10. The molecule has 96 valence electrons. The third-order valence-electron chi connectivity index (χ3n) is 2.98. The first-order valence-corrected chi connectivity index (χ1v) is 5.57. The maximum atomic E-state index is 11.9. The lowest BCUT2D eigenvalue weighted by atomic mass is 10.1. The highest BCUT2D eigenvalue weighted by Crippen LogP contribution is 2.26. The summed E-state index contributed by atoms with van der Waals surface area (Å²) in [4.78, 5) is 25.0. The van der Waals surface area contributed by atoms with Crippen LogP contribution in [0.5, 0.6) is 11.5 Å². The smallest absolute Gasteiger partial charge is 0.259 e. The van der Waals surface area contributed by atoms with E-state index in [0.29, 0.717) is 13.0 Å². The lowest BCUT2D eigenvalue weighted by Crippen LogP contribution is -2.40. The summed E-state index contributed by atoms with van der Waals surface area (Å²) in [6, 6.07) is 3.44. The molecule has 3 N–H and O–H groups in total.